The van der Waals surface area contributed by atoms with Gasteiger partial charge in [-0.25, -0.2) is 0 Å². The number of rotatable bonds is 5. The summed E-state index contributed by atoms with van der Waals surface area (Å²) in [7, 11) is 0. The van der Waals surface area contributed by atoms with E-state index >= 15 is 0 Å². The Kier molecular flexibility index (Phi) is 3.45. The van der Waals surface area contributed by atoms with Crippen molar-refractivity contribution in [3.05, 3.63) is 53.0 Å². The van der Waals surface area contributed by atoms with Crippen molar-refractivity contribution in [1.82, 2.24) is 15.2 Å². The highest BCUT2D eigenvalue weighted by molar-refractivity contribution is 5.79. The molecule has 0 radical (unpaired) electrons. The lowest BCUT2D eigenvalue weighted by atomic mass is 10.2. The normalized spacial score (nSPS) is 10.8. The van der Waals surface area contributed by atoms with E-state index in [0.29, 0.717) is 18.9 Å². The largest absolute Gasteiger partial charge is 0.494 e. The molecule has 0 unspecified atom stereocenters. The third-order valence-electron chi connectivity index (χ3n) is 2.90. The van der Waals surface area contributed by atoms with Gasteiger partial charge >= 0.3 is 0 Å². The van der Waals surface area contributed by atoms with Gasteiger partial charge in [0.2, 0.25) is 17.8 Å². The summed E-state index contributed by atoms with van der Waals surface area (Å²) in [5.41, 5.74) is 0.696. The number of benzene rings is 1. The van der Waals surface area contributed by atoms with Crippen molar-refractivity contribution in [2.45, 2.75) is 12.8 Å². The monoisotopic (exact) mass is 271 g/mol. The average Bonchev–Trinajstić information content (AvgIpc) is 2.97. The lowest BCUT2D eigenvalue weighted by molar-refractivity contribution is 0.305. The van der Waals surface area contributed by atoms with Crippen molar-refractivity contribution in [3.63, 3.8) is 0 Å². The summed E-state index contributed by atoms with van der Waals surface area (Å²) >= 11 is 0. The third kappa shape index (κ3) is 2.85. The van der Waals surface area contributed by atoms with Gasteiger partial charge in [-0.1, -0.05) is 0 Å². The van der Waals surface area contributed by atoms with Crippen molar-refractivity contribution in [3.8, 4) is 5.75 Å². The Morgan fingerprint density at radius 1 is 1.25 bits per heavy atom. The number of H-pyrrole nitrogens is 1. The van der Waals surface area contributed by atoms with Gasteiger partial charge in [-0.2, -0.15) is 0 Å². The number of hydrogen-bond acceptors (Lipinski definition) is 5. The average molecular weight is 271 g/mol. The fourth-order valence-corrected chi connectivity index (χ4v) is 1.94. The van der Waals surface area contributed by atoms with E-state index in [1.54, 1.807) is 6.07 Å². The molecule has 2 heterocycles. The number of aryl methyl sites for hydroxylation is 1. The number of aromatic amines is 1. The first-order valence-corrected chi connectivity index (χ1v) is 6.32. The summed E-state index contributed by atoms with van der Waals surface area (Å²) in [6, 6.07) is 8.86. The molecule has 0 saturated carbocycles. The minimum Gasteiger partial charge on any atom is -0.494 e. The van der Waals surface area contributed by atoms with Gasteiger partial charge in [0.1, 0.15) is 5.75 Å². The molecule has 0 bridgehead atoms. The highest BCUT2D eigenvalue weighted by atomic mass is 16.5. The van der Waals surface area contributed by atoms with Crippen molar-refractivity contribution in [1.29, 1.82) is 0 Å². The number of nitrogens with zero attached hydrogens (tertiary/aromatic N) is 2. The molecule has 0 amide bonds. The maximum Gasteiger partial charge on any atom is 0.248 e. The molecule has 20 heavy (non-hydrogen) atoms. The van der Waals surface area contributed by atoms with Gasteiger partial charge in [0.25, 0.3) is 0 Å². The molecule has 3 aromatic rings. The molecular weight excluding hydrogens is 258 g/mol. The summed E-state index contributed by atoms with van der Waals surface area (Å²) in [6.45, 7) is 0.567. The minimum absolute atomic E-state index is 0.106. The molecule has 0 aliphatic carbocycles. The first-order chi connectivity index (χ1) is 9.81. The Bertz CT molecular complexity index is 750. The smallest absolute Gasteiger partial charge is 0.248 e. The summed E-state index contributed by atoms with van der Waals surface area (Å²) < 4.78 is 10.7. The van der Waals surface area contributed by atoms with Crippen LogP contribution in [0.25, 0.3) is 10.9 Å². The second kappa shape index (κ2) is 5.56. The Hall–Kier alpha value is -2.63. The van der Waals surface area contributed by atoms with E-state index < -0.39 is 0 Å². The van der Waals surface area contributed by atoms with E-state index in [1.165, 1.54) is 12.5 Å². The second-order valence-electron chi connectivity index (χ2n) is 4.36. The number of fused-ring (bicyclic) bond motifs is 1. The lowest BCUT2D eigenvalue weighted by Gasteiger charge is -2.06. The number of ether oxygens (including phenoxy) is 1. The zero-order valence-corrected chi connectivity index (χ0v) is 10.7. The van der Waals surface area contributed by atoms with Crippen LogP contribution in [-0.4, -0.2) is 21.8 Å². The number of hydrogen-bond donors (Lipinski definition) is 1. The summed E-state index contributed by atoms with van der Waals surface area (Å²) in [4.78, 5) is 13.9. The Balaban J connectivity index is 1.60. The molecule has 6 nitrogen and oxygen atoms in total. The van der Waals surface area contributed by atoms with Crippen LogP contribution in [0, 0.1) is 0 Å². The van der Waals surface area contributed by atoms with Crippen LogP contribution in [0.2, 0.25) is 0 Å². The molecule has 0 saturated heterocycles. The van der Waals surface area contributed by atoms with Gasteiger partial charge in [0, 0.05) is 23.4 Å². The SMILES string of the molecule is O=c1ccc2cc(OCCCc3nnco3)ccc2[nH]1. The van der Waals surface area contributed by atoms with E-state index in [0.717, 1.165) is 23.1 Å². The molecule has 0 spiro atoms. The number of pyridine rings is 1. The van der Waals surface area contributed by atoms with E-state index in [1.807, 2.05) is 18.2 Å². The molecule has 0 aliphatic rings. The zero-order chi connectivity index (χ0) is 13.8. The molecule has 3 rings (SSSR count). The summed E-state index contributed by atoms with van der Waals surface area (Å²) in [6.07, 6.45) is 2.81. The maximum absolute atomic E-state index is 11.2. The highest BCUT2D eigenvalue weighted by Crippen LogP contribution is 2.18. The number of nitrogens with one attached hydrogen (secondary N) is 1. The quantitative estimate of drug-likeness (QED) is 0.717. The van der Waals surface area contributed by atoms with E-state index in [-0.39, 0.29) is 5.56 Å². The van der Waals surface area contributed by atoms with Crippen LogP contribution >= 0.6 is 0 Å². The van der Waals surface area contributed by atoms with Crippen LogP contribution in [0.4, 0.5) is 0 Å². The van der Waals surface area contributed by atoms with Gasteiger partial charge in [-0.15, -0.1) is 10.2 Å². The Labute approximate surface area is 114 Å². The standard InChI is InChI=1S/C14H13N3O3/c18-13-6-3-10-8-11(4-5-12(10)16-13)19-7-1-2-14-17-15-9-20-14/h3-6,8-9H,1-2,7H2,(H,16,18). The van der Waals surface area contributed by atoms with Crippen LogP contribution in [0.1, 0.15) is 12.3 Å². The minimum atomic E-state index is -0.106. The molecule has 0 atom stereocenters. The van der Waals surface area contributed by atoms with Gasteiger partial charge in [0.15, 0.2) is 0 Å². The molecule has 1 N–H and O–H groups in total. The Morgan fingerprint density at radius 2 is 2.20 bits per heavy atom. The van der Waals surface area contributed by atoms with Gasteiger partial charge in [-0.3, -0.25) is 4.79 Å². The molecular formula is C14H13N3O3. The van der Waals surface area contributed by atoms with Crippen molar-refractivity contribution >= 4 is 10.9 Å². The van der Waals surface area contributed by atoms with E-state index in [9.17, 15) is 4.79 Å². The molecule has 0 fully saturated rings. The predicted molar refractivity (Wildman–Crippen MR) is 72.7 cm³/mol. The lowest BCUT2D eigenvalue weighted by Crippen LogP contribution is -2.03. The van der Waals surface area contributed by atoms with Crippen LogP contribution in [0.15, 0.2) is 45.9 Å². The Morgan fingerprint density at radius 3 is 3.05 bits per heavy atom. The molecule has 2 aromatic heterocycles. The van der Waals surface area contributed by atoms with Crippen LogP contribution in [0.3, 0.4) is 0 Å². The van der Waals surface area contributed by atoms with Crippen LogP contribution < -0.4 is 10.3 Å². The predicted octanol–water partition coefficient (Wildman–Crippen LogP) is 1.92. The highest BCUT2D eigenvalue weighted by Gasteiger charge is 2.01. The molecule has 0 aliphatic heterocycles. The molecule has 102 valence electrons. The third-order valence-corrected chi connectivity index (χ3v) is 2.90. The maximum atomic E-state index is 11.2. The van der Waals surface area contributed by atoms with E-state index in [2.05, 4.69) is 15.2 Å². The van der Waals surface area contributed by atoms with Gasteiger partial charge in [0.05, 0.1) is 6.61 Å². The molecule has 1 aromatic carbocycles. The van der Waals surface area contributed by atoms with E-state index in [4.69, 9.17) is 9.15 Å². The van der Waals surface area contributed by atoms with Crippen molar-refractivity contribution in [2.75, 3.05) is 6.61 Å². The zero-order valence-electron chi connectivity index (χ0n) is 10.7. The fraction of sp³-hybridized carbons (Fsp3) is 0.214. The van der Waals surface area contributed by atoms with Gasteiger partial charge in [-0.05, 0) is 30.7 Å². The van der Waals surface area contributed by atoms with Crippen LogP contribution in [0.5, 0.6) is 5.75 Å². The summed E-state index contributed by atoms with van der Waals surface area (Å²) in [5.74, 6) is 1.39. The summed E-state index contributed by atoms with van der Waals surface area (Å²) in [5, 5.41) is 8.36. The fourth-order valence-electron chi connectivity index (χ4n) is 1.94. The second-order valence-corrected chi connectivity index (χ2v) is 4.36. The molecule has 6 heteroatoms. The van der Waals surface area contributed by atoms with Crippen LogP contribution in [-0.2, 0) is 6.42 Å². The topological polar surface area (TPSA) is 81.0 Å². The first-order valence-electron chi connectivity index (χ1n) is 6.32. The van der Waals surface area contributed by atoms with Crippen molar-refractivity contribution < 1.29 is 9.15 Å². The van der Waals surface area contributed by atoms with Gasteiger partial charge < -0.3 is 14.1 Å². The van der Waals surface area contributed by atoms with Crippen molar-refractivity contribution in [2.24, 2.45) is 0 Å². The first kappa shape index (κ1) is 12.4. The number of aromatic nitrogens is 3.